The highest BCUT2D eigenvalue weighted by molar-refractivity contribution is 5.98. The van der Waals surface area contributed by atoms with Crippen molar-refractivity contribution in [3.63, 3.8) is 0 Å². The van der Waals surface area contributed by atoms with Gasteiger partial charge in [-0.25, -0.2) is 0 Å². The van der Waals surface area contributed by atoms with Crippen molar-refractivity contribution in [3.8, 4) is 11.5 Å². The summed E-state index contributed by atoms with van der Waals surface area (Å²) in [4.78, 5) is 26.9. The van der Waals surface area contributed by atoms with Crippen LogP contribution in [0.2, 0.25) is 0 Å². The molecule has 28 heavy (non-hydrogen) atoms. The fourth-order valence-corrected chi connectivity index (χ4v) is 3.57. The van der Waals surface area contributed by atoms with E-state index >= 15 is 0 Å². The second kappa shape index (κ2) is 8.91. The van der Waals surface area contributed by atoms with Crippen LogP contribution < -0.4 is 9.47 Å². The fraction of sp³-hybridized carbons (Fsp3) is 0.391. The molecule has 0 N–H and O–H groups in total. The Hall–Kier alpha value is -2.82. The summed E-state index contributed by atoms with van der Waals surface area (Å²) in [7, 11) is 1.60. The Labute approximate surface area is 166 Å². The topological polar surface area (TPSA) is 55.8 Å². The van der Waals surface area contributed by atoms with Gasteiger partial charge in [-0.3, -0.25) is 9.59 Å². The molecule has 0 atom stereocenters. The standard InChI is InChI=1S/C23H27NO4/c1-16-4-9-21(17(2)14-16)28-15-22(25)24-12-10-19(11-13-24)23(26)18-5-7-20(27-3)8-6-18/h4-9,14,19H,10-13,15H2,1-3H3. The van der Waals surface area contributed by atoms with Crippen molar-refractivity contribution in [2.75, 3.05) is 26.8 Å². The van der Waals surface area contributed by atoms with Gasteiger partial charge in [0.15, 0.2) is 12.4 Å². The molecule has 5 heteroatoms. The van der Waals surface area contributed by atoms with Gasteiger partial charge in [-0.1, -0.05) is 17.7 Å². The highest BCUT2D eigenvalue weighted by Gasteiger charge is 2.28. The lowest BCUT2D eigenvalue weighted by molar-refractivity contribution is -0.134. The zero-order chi connectivity index (χ0) is 20.1. The number of rotatable bonds is 6. The maximum Gasteiger partial charge on any atom is 0.260 e. The van der Waals surface area contributed by atoms with E-state index in [-0.39, 0.29) is 24.2 Å². The molecule has 0 radical (unpaired) electrons. The lowest BCUT2D eigenvalue weighted by Crippen LogP contribution is -2.42. The largest absolute Gasteiger partial charge is 0.497 e. The lowest BCUT2D eigenvalue weighted by Gasteiger charge is -2.31. The molecule has 1 aliphatic heterocycles. The summed E-state index contributed by atoms with van der Waals surface area (Å²) in [5.41, 5.74) is 2.89. The highest BCUT2D eigenvalue weighted by Crippen LogP contribution is 2.24. The number of methoxy groups -OCH3 is 1. The Balaban J connectivity index is 1.49. The predicted octanol–water partition coefficient (Wildman–Crippen LogP) is 3.81. The first-order valence-corrected chi connectivity index (χ1v) is 9.64. The van der Waals surface area contributed by atoms with Gasteiger partial charge in [0.25, 0.3) is 5.91 Å². The maximum absolute atomic E-state index is 12.7. The van der Waals surface area contributed by atoms with Gasteiger partial charge in [0.05, 0.1) is 7.11 Å². The molecule has 2 aromatic carbocycles. The molecule has 1 saturated heterocycles. The third-order valence-corrected chi connectivity index (χ3v) is 5.27. The number of carbonyl (C=O) groups is 2. The van der Waals surface area contributed by atoms with Crippen molar-refractivity contribution in [1.29, 1.82) is 0 Å². The van der Waals surface area contributed by atoms with E-state index in [0.717, 1.165) is 17.1 Å². The van der Waals surface area contributed by atoms with Gasteiger partial charge in [0.2, 0.25) is 0 Å². The van der Waals surface area contributed by atoms with E-state index in [0.29, 0.717) is 31.5 Å². The fourth-order valence-electron chi connectivity index (χ4n) is 3.57. The second-order valence-electron chi connectivity index (χ2n) is 7.31. The molecule has 148 valence electrons. The maximum atomic E-state index is 12.7. The van der Waals surface area contributed by atoms with Crippen molar-refractivity contribution in [2.45, 2.75) is 26.7 Å². The van der Waals surface area contributed by atoms with Crippen LogP contribution in [0.25, 0.3) is 0 Å². The van der Waals surface area contributed by atoms with E-state index in [1.807, 2.05) is 32.0 Å². The minimum Gasteiger partial charge on any atom is -0.497 e. The van der Waals surface area contributed by atoms with Crippen molar-refractivity contribution < 1.29 is 19.1 Å². The molecule has 0 aromatic heterocycles. The number of piperidine rings is 1. The average molecular weight is 381 g/mol. The van der Waals surface area contributed by atoms with Gasteiger partial charge in [0, 0.05) is 24.6 Å². The summed E-state index contributed by atoms with van der Waals surface area (Å²) < 4.78 is 10.8. The van der Waals surface area contributed by atoms with Crippen molar-refractivity contribution >= 4 is 11.7 Å². The van der Waals surface area contributed by atoms with Gasteiger partial charge in [-0.2, -0.15) is 0 Å². The average Bonchev–Trinajstić information content (AvgIpc) is 2.72. The van der Waals surface area contributed by atoms with Crippen LogP contribution >= 0.6 is 0 Å². The SMILES string of the molecule is COc1ccc(C(=O)C2CCN(C(=O)COc3ccc(C)cc3C)CC2)cc1. The van der Waals surface area contributed by atoms with Crippen LogP contribution in [0.4, 0.5) is 0 Å². The van der Waals surface area contributed by atoms with Crippen LogP contribution in [0.5, 0.6) is 11.5 Å². The number of Topliss-reactive ketones (excluding diaryl/α,β-unsaturated/α-hetero) is 1. The lowest BCUT2D eigenvalue weighted by atomic mass is 9.89. The van der Waals surface area contributed by atoms with E-state index < -0.39 is 0 Å². The molecule has 3 rings (SSSR count). The summed E-state index contributed by atoms with van der Waals surface area (Å²) in [6.45, 7) is 5.20. The van der Waals surface area contributed by atoms with Crippen LogP contribution in [0.15, 0.2) is 42.5 Å². The number of hydrogen-bond acceptors (Lipinski definition) is 4. The number of benzene rings is 2. The minimum atomic E-state index is -0.0438. The quantitative estimate of drug-likeness (QED) is 0.714. The molecule has 0 bridgehead atoms. The first-order chi connectivity index (χ1) is 13.5. The molecule has 5 nitrogen and oxygen atoms in total. The second-order valence-corrected chi connectivity index (χ2v) is 7.31. The van der Waals surface area contributed by atoms with Gasteiger partial charge >= 0.3 is 0 Å². The highest BCUT2D eigenvalue weighted by atomic mass is 16.5. The number of ketones is 1. The smallest absolute Gasteiger partial charge is 0.260 e. The van der Waals surface area contributed by atoms with Gasteiger partial charge in [-0.05, 0) is 62.6 Å². The number of ether oxygens (including phenoxy) is 2. The Kier molecular flexibility index (Phi) is 6.34. The summed E-state index contributed by atoms with van der Waals surface area (Å²) in [5.74, 6) is 1.54. The van der Waals surface area contributed by atoms with E-state index in [2.05, 4.69) is 0 Å². The molecule has 0 spiro atoms. The molecule has 1 heterocycles. The molecule has 2 aromatic rings. The molecule has 1 aliphatic rings. The van der Waals surface area contributed by atoms with E-state index in [1.54, 1.807) is 36.3 Å². The molecule has 0 aliphatic carbocycles. The van der Waals surface area contributed by atoms with Gasteiger partial charge in [0.1, 0.15) is 11.5 Å². The van der Waals surface area contributed by atoms with Crippen molar-refractivity contribution in [2.24, 2.45) is 5.92 Å². The van der Waals surface area contributed by atoms with Crippen LogP contribution in [-0.4, -0.2) is 43.4 Å². The van der Waals surface area contributed by atoms with E-state index in [1.165, 1.54) is 5.56 Å². The monoisotopic (exact) mass is 381 g/mol. The van der Waals surface area contributed by atoms with E-state index in [9.17, 15) is 9.59 Å². The molecule has 0 unspecified atom stereocenters. The van der Waals surface area contributed by atoms with Crippen LogP contribution in [0.1, 0.15) is 34.3 Å². The molecular formula is C23H27NO4. The number of nitrogens with zero attached hydrogens (tertiary/aromatic N) is 1. The van der Waals surface area contributed by atoms with Crippen LogP contribution in [0, 0.1) is 19.8 Å². The molecule has 1 amide bonds. The van der Waals surface area contributed by atoms with Crippen LogP contribution in [0.3, 0.4) is 0 Å². The Morgan fingerprint density at radius 3 is 2.32 bits per heavy atom. The number of carbonyl (C=O) groups excluding carboxylic acids is 2. The number of hydrogen-bond donors (Lipinski definition) is 0. The Morgan fingerprint density at radius 1 is 1.04 bits per heavy atom. The molecular weight excluding hydrogens is 354 g/mol. The number of aryl methyl sites for hydroxylation is 2. The first-order valence-electron chi connectivity index (χ1n) is 9.64. The van der Waals surface area contributed by atoms with Crippen molar-refractivity contribution in [3.05, 3.63) is 59.2 Å². The summed E-state index contributed by atoms with van der Waals surface area (Å²) in [5, 5.41) is 0. The number of amides is 1. The summed E-state index contributed by atoms with van der Waals surface area (Å²) >= 11 is 0. The third-order valence-electron chi connectivity index (χ3n) is 5.27. The number of likely N-dealkylation sites (tertiary alicyclic amines) is 1. The molecule has 0 saturated carbocycles. The summed E-state index contributed by atoms with van der Waals surface area (Å²) in [6.07, 6.45) is 1.36. The predicted molar refractivity (Wildman–Crippen MR) is 108 cm³/mol. The van der Waals surface area contributed by atoms with Crippen LogP contribution in [-0.2, 0) is 4.79 Å². The zero-order valence-electron chi connectivity index (χ0n) is 16.7. The third kappa shape index (κ3) is 4.71. The minimum absolute atomic E-state index is 0.0288. The normalized spacial score (nSPS) is 14.6. The Morgan fingerprint density at radius 2 is 1.71 bits per heavy atom. The van der Waals surface area contributed by atoms with Gasteiger partial charge < -0.3 is 14.4 Å². The Bertz CT molecular complexity index is 836. The van der Waals surface area contributed by atoms with Crippen molar-refractivity contribution in [1.82, 2.24) is 4.90 Å². The summed E-state index contributed by atoms with van der Waals surface area (Å²) in [6, 6.07) is 13.1. The van der Waals surface area contributed by atoms with E-state index in [4.69, 9.17) is 9.47 Å². The van der Waals surface area contributed by atoms with Gasteiger partial charge in [-0.15, -0.1) is 0 Å². The molecule has 1 fully saturated rings. The first kappa shape index (κ1) is 19.9. The zero-order valence-corrected chi connectivity index (χ0v) is 16.7.